The summed E-state index contributed by atoms with van der Waals surface area (Å²) in [5.41, 5.74) is 0.926. The lowest BCUT2D eigenvalue weighted by molar-refractivity contribution is 0.284. The van der Waals surface area contributed by atoms with Gasteiger partial charge in [-0.3, -0.25) is 0 Å². The molecule has 0 aliphatic heterocycles. The number of halogens is 4. The second-order valence-electron chi connectivity index (χ2n) is 5.14. The lowest BCUT2D eigenvalue weighted by Crippen LogP contribution is -1.94. The molecule has 0 aliphatic rings. The fraction of sp³-hybridized carbons (Fsp3) is 0.125. The highest BCUT2D eigenvalue weighted by Gasteiger charge is 2.08. The van der Waals surface area contributed by atoms with Crippen molar-refractivity contribution in [3.8, 4) is 12.1 Å². The van der Waals surface area contributed by atoms with Gasteiger partial charge in [0, 0.05) is 6.20 Å². The molecule has 0 unspecified atom stereocenters. The number of aliphatic hydroxyl groups is 1. The number of nitrogens with one attached hydrogen (secondary N) is 1. The summed E-state index contributed by atoms with van der Waals surface area (Å²) in [6.07, 6.45) is 6.29. The van der Waals surface area contributed by atoms with Crippen LogP contribution in [0.5, 0.6) is 0 Å². The molecule has 31 heavy (non-hydrogen) atoms. The maximum Gasteiger partial charge on any atom is 0.160 e. The molecule has 0 bridgehead atoms. The van der Waals surface area contributed by atoms with Crippen LogP contribution in [0.3, 0.4) is 0 Å². The maximum absolute atomic E-state index is 8.65. The molecular weight excluding hydrogens is 704 g/mol. The third kappa shape index (κ3) is 8.53. The van der Waals surface area contributed by atoms with E-state index in [9.17, 15) is 0 Å². The first-order valence-corrected chi connectivity index (χ1v) is 12.7. The molecule has 0 aliphatic carbocycles. The molecule has 9 nitrogen and oxygen atoms in total. The van der Waals surface area contributed by atoms with Gasteiger partial charge in [0.2, 0.25) is 0 Å². The van der Waals surface area contributed by atoms with Crippen molar-refractivity contribution in [2.24, 2.45) is 0 Å². The summed E-state index contributed by atoms with van der Waals surface area (Å²) in [6, 6.07) is 3.88. The van der Waals surface area contributed by atoms with Gasteiger partial charge in [0.15, 0.2) is 13.5 Å². The average molecular weight is 714 g/mol. The zero-order valence-electron chi connectivity index (χ0n) is 15.1. The van der Waals surface area contributed by atoms with E-state index in [1.165, 1.54) is 23.9 Å². The van der Waals surface area contributed by atoms with E-state index < -0.39 is 0 Å². The molecule has 0 radical (unpaired) electrons. The molecule has 4 heterocycles. The Morgan fingerprint density at radius 1 is 1.03 bits per heavy atom. The van der Waals surface area contributed by atoms with Crippen LogP contribution < -0.4 is 0 Å². The zero-order valence-corrected chi connectivity index (χ0v) is 23.1. The first kappa shape index (κ1) is 25.8. The Bertz CT molecular complexity index is 1190. The molecule has 0 atom stereocenters. The van der Waals surface area contributed by atoms with E-state index in [1.807, 2.05) is 16.7 Å². The first-order chi connectivity index (χ1) is 14.9. The van der Waals surface area contributed by atoms with Crippen LogP contribution in [0.25, 0.3) is 0 Å². The van der Waals surface area contributed by atoms with E-state index in [-0.39, 0.29) is 6.61 Å². The fourth-order valence-electron chi connectivity index (χ4n) is 1.79. The summed E-state index contributed by atoms with van der Waals surface area (Å²) in [5, 5.41) is 25.4. The van der Waals surface area contributed by atoms with Crippen LogP contribution in [0.4, 0.5) is 0 Å². The molecule has 4 aromatic heterocycles. The Labute approximate surface area is 218 Å². The molecule has 0 saturated carbocycles. The summed E-state index contributed by atoms with van der Waals surface area (Å²) in [4.78, 5) is 20.3. The van der Waals surface area contributed by atoms with Crippen LogP contribution in [0.1, 0.15) is 21.1 Å². The first-order valence-electron chi connectivity index (χ1n) is 7.88. The van der Waals surface area contributed by atoms with Crippen LogP contribution >= 0.6 is 86.4 Å². The summed E-state index contributed by atoms with van der Waals surface area (Å²) >= 11 is 16.0. The van der Waals surface area contributed by atoms with Crippen LogP contribution in [0.15, 0.2) is 42.1 Å². The van der Waals surface area contributed by atoms with Gasteiger partial charge in [-0.25, -0.2) is 19.9 Å². The molecule has 15 heteroatoms. The topological polar surface area (TPSA) is 140 Å². The molecule has 0 fully saturated rings. The van der Waals surface area contributed by atoms with Gasteiger partial charge in [-0.05, 0) is 63.7 Å². The SMILES string of the molecule is N#Cc1cn(Cc2sc(Br)nc2Br)cn1.N#Cc1cnc[nH]1.OCc1sc(Br)nc1Br. The molecule has 160 valence electrons. The number of nitrogens with zero attached hydrogens (tertiary/aromatic N) is 7. The molecule has 0 saturated heterocycles. The Hall–Kier alpha value is -1.46. The van der Waals surface area contributed by atoms with Crippen LogP contribution in [-0.4, -0.2) is 34.6 Å². The van der Waals surface area contributed by atoms with Crippen molar-refractivity contribution >= 4 is 86.4 Å². The van der Waals surface area contributed by atoms with Crippen LogP contribution in [-0.2, 0) is 13.2 Å². The summed E-state index contributed by atoms with van der Waals surface area (Å²) in [6.45, 7) is 0.711. The highest BCUT2D eigenvalue weighted by Crippen LogP contribution is 2.28. The Balaban J connectivity index is 0.000000181. The number of hydrogen-bond donors (Lipinski definition) is 2. The Kier molecular flexibility index (Phi) is 11.0. The van der Waals surface area contributed by atoms with E-state index >= 15 is 0 Å². The molecule has 0 spiro atoms. The molecular formula is C16H10Br4N8OS2. The molecule has 0 amide bonds. The number of imidazole rings is 2. The molecule has 4 aromatic rings. The van der Waals surface area contributed by atoms with E-state index in [0.29, 0.717) is 17.9 Å². The number of aliphatic hydroxyl groups excluding tert-OH is 1. The smallest absolute Gasteiger partial charge is 0.160 e. The van der Waals surface area contributed by atoms with Crippen molar-refractivity contribution in [1.29, 1.82) is 10.5 Å². The molecule has 2 N–H and O–H groups in total. The highest BCUT2D eigenvalue weighted by molar-refractivity contribution is 9.11. The number of aromatic amines is 1. The van der Waals surface area contributed by atoms with Gasteiger partial charge in [-0.1, -0.05) is 0 Å². The van der Waals surface area contributed by atoms with Crippen molar-refractivity contribution in [1.82, 2.24) is 29.5 Å². The third-order valence-electron chi connectivity index (χ3n) is 3.08. The van der Waals surface area contributed by atoms with Gasteiger partial charge in [0.1, 0.15) is 27.0 Å². The van der Waals surface area contributed by atoms with E-state index in [1.54, 1.807) is 23.9 Å². The van der Waals surface area contributed by atoms with Crippen molar-refractivity contribution < 1.29 is 5.11 Å². The number of hydrogen-bond acceptors (Lipinski definition) is 9. The summed E-state index contributed by atoms with van der Waals surface area (Å²) in [5.74, 6) is 0. The second-order valence-corrected chi connectivity index (χ2v) is 11.4. The van der Waals surface area contributed by atoms with Crippen molar-refractivity contribution in [3.05, 3.63) is 63.2 Å². The van der Waals surface area contributed by atoms with Gasteiger partial charge in [0.05, 0.1) is 41.8 Å². The zero-order chi connectivity index (χ0) is 22.8. The Morgan fingerprint density at radius 3 is 2.03 bits per heavy atom. The number of aromatic nitrogens is 6. The lowest BCUT2D eigenvalue weighted by atomic mass is 10.5. The van der Waals surface area contributed by atoms with Crippen molar-refractivity contribution in [2.45, 2.75) is 13.2 Å². The normalized spacial score (nSPS) is 9.65. The minimum Gasteiger partial charge on any atom is -0.391 e. The molecule has 4 rings (SSSR count). The van der Waals surface area contributed by atoms with Crippen LogP contribution in [0.2, 0.25) is 0 Å². The number of H-pyrrole nitrogens is 1. The van der Waals surface area contributed by atoms with Crippen LogP contribution in [0, 0.1) is 22.7 Å². The number of nitriles is 2. The minimum absolute atomic E-state index is 0.0455. The van der Waals surface area contributed by atoms with Gasteiger partial charge in [-0.15, -0.1) is 22.7 Å². The average Bonchev–Trinajstić information content (AvgIpc) is 3.52. The number of rotatable bonds is 3. The standard InChI is InChI=1S/C8H4Br2N4S.C4H3Br2NOS.C4H3N3/c9-7-6(15-8(10)13-7)3-14-2-5(1-11)12-4-14;5-3-2(1-8)9-4(6)7-3;5-1-4-2-6-3-7-4/h2,4H,3H2;8H,1H2;2-3H,(H,6,7). The second kappa shape index (κ2) is 13.2. The van der Waals surface area contributed by atoms with E-state index in [2.05, 4.69) is 88.6 Å². The summed E-state index contributed by atoms with van der Waals surface area (Å²) in [7, 11) is 0. The largest absolute Gasteiger partial charge is 0.391 e. The van der Waals surface area contributed by atoms with Crippen molar-refractivity contribution in [2.75, 3.05) is 0 Å². The minimum atomic E-state index is 0.0455. The summed E-state index contributed by atoms with van der Waals surface area (Å²) < 4.78 is 5.03. The van der Waals surface area contributed by atoms with Crippen molar-refractivity contribution in [3.63, 3.8) is 0 Å². The van der Waals surface area contributed by atoms with Gasteiger partial charge >= 0.3 is 0 Å². The maximum atomic E-state index is 8.65. The monoisotopic (exact) mass is 710 g/mol. The van der Waals surface area contributed by atoms with E-state index in [0.717, 1.165) is 26.8 Å². The lowest BCUT2D eigenvalue weighted by Gasteiger charge is -1.97. The quantitative estimate of drug-likeness (QED) is 0.297. The van der Waals surface area contributed by atoms with Gasteiger partial charge in [0.25, 0.3) is 0 Å². The molecule has 0 aromatic carbocycles. The van der Waals surface area contributed by atoms with E-state index in [4.69, 9.17) is 15.6 Å². The van der Waals surface area contributed by atoms with Gasteiger partial charge < -0.3 is 14.7 Å². The third-order valence-corrected chi connectivity index (χ3v) is 7.90. The highest BCUT2D eigenvalue weighted by atomic mass is 79.9. The van der Waals surface area contributed by atoms with Gasteiger partial charge in [-0.2, -0.15) is 10.5 Å². The fourth-order valence-corrected chi connectivity index (χ4v) is 6.34. The predicted molar refractivity (Wildman–Crippen MR) is 130 cm³/mol. The number of thiazole rings is 2. The predicted octanol–water partition coefficient (Wildman–Crippen LogP) is 5.23. The Morgan fingerprint density at radius 2 is 1.68 bits per heavy atom.